The monoisotopic (exact) mass is 415 g/mol. The van der Waals surface area contributed by atoms with Crippen molar-refractivity contribution < 1.29 is 19.4 Å². The number of benzene rings is 3. The van der Waals surface area contributed by atoms with E-state index in [0.29, 0.717) is 23.4 Å². The normalized spacial score (nSPS) is 18.0. The fraction of sp³-hybridized carbons (Fsp3) is 0.231. The van der Waals surface area contributed by atoms with Crippen LogP contribution in [0.3, 0.4) is 0 Å². The number of likely N-dealkylation sites (tertiary alicyclic amines) is 1. The van der Waals surface area contributed by atoms with Crippen LogP contribution in [0.2, 0.25) is 0 Å². The van der Waals surface area contributed by atoms with Gasteiger partial charge in [0, 0.05) is 17.7 Å². The maximum atomic E-state index is 13.2. The molecule has 0 aliphatic carbocycles. The molecule has 158 valence electrons. The molecular formula is C26H25NO4. The number of ether oxygens (including phenoxy) is 1. The Kier molecular flexibility index (Phi) is 5.76. The Morgan fingerprint density at radius 1 is 1.00 bits per heavy atom. The minimum absolute atomic E-state index is 0.0990. The van der Waals surface area contributed by atoms with Crippen molar-refractivity contribution in [2.45, 2.75) is 25.8 Å². The van der Waals surface area contributed by atoms with Crippen LogP contribution in [0.15, 0.2) is 72.3 Å². The van der Waals surface area contributed by atoms with Crippen LogP contribution in [0.25, 0.3) is 16.5 Å². The summed E-state index contributed by atoms with van der Waals surface area (Å²) in [4.78, 5) is 27.7. The third-order valence-electron chi connectivity index (χ3n) is 5.77. The first-order valence-corrected chi connectivity index (χ1v) is 10.5. The lowest BCUT2D eigenvalue weighted by atomic mass is 9.93. The van der Waals surface area contributed by atoms with Gasteiger partial charge in [-0.1, -0.05) is 74.0 Å². The highest BCUT2D eigenvalue weighted by molar-refractivity contribution is 6.46. The number of hydrogen-bond donors (Lipinski definition) is 1. The quantitative estimate of drug-likeness (QED) is 0.347. The average molecular weight is 415 g/mol. The maximum Gasteiger partial charge on any atom is 0.295 e. The van der Waals surface area contributed by atoms with Gasteiger partial charge < -0.3 is 14.7 Å². The molecule has 0 spiro atoms. The molecule has 1 amide bonds. The zero-order valence-electron chi connectivity index (χ0n) is 17.7. The summed E-state index contributed by atoms with van der Waals surface area (Å²) in [5, 5.41) is 13.1. The van der Waals surface area contributed by atoms with E-state index in [2.05, 4.69) is 0 Å². The number of Topliss-reactive ketones (excluding diaryl/α,β-unsaturated/α-hetero) is 1. The molecule has 0 saturated carbocycles. The van der Waals surface area contributed by atoms with Crippen molar-refractivity contribution in [1.82, 2.24) is 4.90 Å². The van der Waals surface area contributed by atoms with Crippen molar-refractivity contribution in [1.29, 1.82) is 0 Å². The summed E-state index contributed by atoms with van der Waals surface area (Å²) in [6, 6.07) is 19.8. The predicted octanol–water partition coefficient (Wildman–Crippen LogP) is 5.07. The zero-order valence-corrected chi connectivity index (χ0v) is 17.7. The zero-order chi connectivity index (χ0) is 22.0. The van der Waals surface area contributed by atoms with E-state index >= 15 is 0 Å². The molecule has 31 heavy (non-hydrogen) atoms. The standard InChI is InChI=1S/C26H25NO4/c1-3-4-16-27-23(20-13-7-8-15-21(20)31-2)22(25(29)26(27)30)24(28)19-14-9-11-17-10-5-6-12-18(17)19/h5-15,23,28H,3-4,16H2,1-2H3/b24-22+. The Morgan fingerprint density at radius 2 is 1.71 bits per heavy atom. The van der Waals surface area contributed by atoms with E-state index in [-0.39, 0.29) is 11.3 Å². The molecule has 5 heteroatoms. The van der Waals surface area contributed by atoms with Crippen molar-refractivity contribution in [3.05, 3.63) is 83.4 Å². The summed E-state index contributed by atoms with van der Waals surface area (Å²) in [5.74, 6) is -0.853. The molecule has 1 aliphatic heterocycles. The first-order valence-electron chi connectivity index (χ1n) is 10.5. The number of aliphatic hydroxyl groups excluding tert-OH is 1. The Balaban J connectivity index is 1.97. The number of para-hydroxylation sites is 1. The third kappa shape index (κ3) is 3.56. The molecule has 3 aromatic carbocycles. The first-order chi connectivity index (χ1) is 15.1. The fourth-order valence-corrected chi connectivity index (χ4v) is 4.23. The van der Waals surface area contributed by atoms with Gasteiger partial charge in [-0.05, 0) is 23.3 Å². The van der Waals surface area contributed by atoms with Gasteiger partial charge >= 0.3 is 0 Å². The lowest BCUT2D eigenvalue weighted by molar-refractivity contribution is -0.139. The van der Waals surface area contributed by atoms with Crippen LogP contribution in [0.1, 0.15) is 36.9 Å². The summed E-state index contributed by atoms with van der Waals surface area (Å²) in [5.41, 5.74) is 1.32. The predicted molar refractivity (Wildman–Crippen MR) is 121 cm³/mol. The number of methoxy groups -OCH3 is 1. The lowest BCUT2D eigenvalue weighted by Crippen LogP contribution is -2.30. The second-order valence-electron chi connectivity index (χ2n) is 7.61. The summed E-state index contributed by atoms with van der Waals surface area (Å²) in [7, 11) is 1.56. The smallest absolute Gasteiger partial charge is 0.295 e. The first kappa shape index (κ1) is 20.7. The SMILES string of the molecule is CCCCN1C(=O)C(=O)/C(=C(/O)c2cccc3ccccc23)C1c1ccccc1OC. The van der Waals surface area contributed by atoms with E-state index in [1.54, 1.807) is 24.1 Å². The largest absolute Gasteiger partial charge is 0.507 e. The van der Waals surface area contributed by atoms with E-state index < -0.39 is 17.7 Å². The van der Waals surface area contributed by atoms with Gasteiger partial charge in [0.15, 0.2) is 0 Å². The molecule has 1 atom stereocenters. The molecule has 1 heterocycles. The molecule has 1 saturated heterocycles. The highest BCUT2D eigenvalue weighted by Gasteiger charge is 2.46. The van der Waals surface area contributed by atoms with E-state index in [9.17, 15) is 14.7 Å². The number of aliphatic hydroxyl groups is 1. The van der Waals surface area contributed by atoms with Gasteiger partial charge in [-0.15, -0.1) is 0 Å². The van der Waals surface area contributed by atoms with E-state index in [1.165, 1.54) is 0 Å². The van der Waals surface area contributed by atoms with Crippen molar-refractivity contribution in [3.8, 4) is 5.75 Å². The molecule has 1 N–H and O–H groups in total. The lowest BCUT2D eigenvalue weighted by Gasteiger charge is -2.26. The van der Waals surface area contributed by atoms with Gasteiger partial charge in [0.25, 0.3) is 11.7 Å². The van der Waals surface area contributed by atoms with Gasteiger partial charge in [-0.2, -0.15) is 0 Å². The second-order valence-corrected chi connectivity index (χ2v) is 7.61. The van der Waals surface area contributed by atoms with Crippen molar-refractivity contribution >= 4 is 28.2 Å². The van der Waals surface area contributed by atoms with Crippen LogP contribution in [-0.4, -0.2) is 35.4 Å². The Bertz CT molecular complexity index is 1180. The summed E-state index contributed by atoms with van der Waals surface area (Å²) in [6.07, 6.45) is 1.64. The molecule has 1 aliphatic rings. The van der Waals surface area contributed by atoms with Gasteiger partial charge in [-0.3, -0.25) is 9.59 Å². The summed E-state index contributed by atoms with van der Waals surface area (Å²) < 4.78 is 5.53. The number of carbonyl (C=O) groups is 2. The minimum Gasteiger partial charge on any atom is -0.507 e. The molecule has 1 unspecified atom stereocenters. The van der Waals surface area contributed by atoms with Crippen LogP contribution in [0.5, 0.6) is 5.75 Å². The van der Waals surface area contributed by atoms with E-state index in [1.807, 2.05) is 61.5 Å². The maximum absolute atomic E-state index is 13.2. The number of nitrogens with zero attached hydrogens (tertiary/aromatic N) is 1. The van der Waals surface area contributed by atoms with Gasteiger partial charge in [-0.25, -0.2) is 0 Å². The number of fused-ring (bicyclic) bond motifs is 1. The van der Waals surface area contributed by atoms with Crippen LogP contribution >= 0.6 is 0 Å². The van der Waals surface area contributed by atoms with Crippen LogP contribution in [0, 0.1) is 0 Å². The number of hydrogen-bond acceptors (Lipinski definition) is 4. The van der Waals surface area contributed by atoms with Crippen molar-refractivity contribution in [2.24, 2.45) is 0 Å². The number of ketones is 1. The molecule has 4 rings (SSSR count). The van der Waals surface area contributed by atoms with Gasteiger partial charge in [0.2, 0.25) is 0 Å². The van der Waals surface area contributed by atoms with Crippen LogP contribution in [-0.2, 0) is 9.59 Å². The molecule has 0 radical (unpaired) electrons. The molecule has 1 fully saturated rings. The molecule has 5 nitrogen and oxygen atoms in total. The number of amides is 1. The molecular weight excluding hydrogens is 390 g/mol. The second kappa shape index (κ2) is 8.64. The Morgan fingerprint density at radius 3 is 2.48 bits per heavy atom. The highest BCUT2D eigenvalue weighted by Crippen LogP contribution is 2.43. The number of unbranched alkanes of at least 4 members (excludes halogenated alkanes) is 1. The fourth-order valence-electron chi connectivity index (χ4n) is 4.23. The minimum atomic E-state index is -0.707. The van der Waals surface area contributed by atoms with E-state index in [4.69, 9.17) is 4.74 Å². The summed E-state index contributed by atoms with van der Waals surface area (Å²) >= 11 is 0. The van der Waals surface area contributed by atoms with Crippen molar-refractivity contribution in [2.75, 3.05) is 13.7 Å². The van der Waals surface area contributed by atoms with Gasteiger partial charge in [0.1, 0.15) is 11.5 Å². The Labute approximate surface area is 181 Å². The van der Waals surface area contributed by atoms with Crippen LogP contribution < -0.4 is 4.74 Å². The Hall–Kier alpha value is -3.60. The number of carbonyl (C=O) groups excluding carboxylic acids is 2. The van der Waals surface area contributed by atoms with E-state index in [0.717, 1.165) is 23.6 Å². The molecule has 0 bridgehead atoms. The van der Waals surface area contributed by atoms with Gasteiger partial charge in [0.05, 0.1) is 18.7 Å². The topological polar surface area (TPSA) is 66.8 Å². The molecule has 0 aromatic heterocycles. The number of rotatable bonds is 6. The highest BCUT2D eigenvalue weighted by atomic mass is 16.5. The summed E-state index contributed by atoms with van der Waals surface area (Å²) in [6.45, 7) is 2.46. The van der Waals surface area contributed by atoms with Crippen molar-refractivity contribution in [3.63, 3.8) is 0 Å². The van der Waals surface area contributed by atoms with Crippen LogP contribution in [0.4, 0.5) is 0 Å². The molecule has 3 aromatic rings. The third-order valence-corrected chi connectivity index (χ3v) is 5.77. The average Bonchev–Trinajstić information content (AvgIpc) is 3.06.